The summed E-state index contributed by atoms with van der Waals surface area (Å²) < 4.78 is 37.9. The minimum atomic E-state index is -2.93. The predicted octanol–water partition coefficient (Wildman–Crippen LogP) is 4.00. The summed E-state index contributed by atoms with van der Waals surface area (Å²) in [5.74, 6) is -2.66. The molecule has 7 heteroatoms. The lowest BCUT2D eigenvalue weighted by Gasteiger charge is -2.25. The van der Waals surface area contributed by atoms with Crippen LogP contribution >= 0.6 is 0 Å². The molecule has 1 N–H and O–H groups in total. The first-order chi connectivity index (χ1) is 13.4. The zero-order valence-corrected chi connectivity index (χ0v) is 15.2. The van der Waals surface area contributed by atoms with E-state index in [0.29, 0.717) is 54.2 Å². The van der Waals surface area contributed by atoms with E-state index in [-0.39, 0.29) is 11.5 Å². The average Bonchev–Trinajstić information content (AvgIpc) is 3.08. The van der Waals surface area contributed by atoms with Crippen molar-refractivity contribution in [2.24, 2.45) is 0 Å². The number of ether oxygens (including phenoxy) is 2. The van der Waals surface area contributed by atoms with Crippen LogP contribution in [0, 0.1) is 11.3 Å². The van der Waals surface area contributed by atoms with Crippen LogP contribution in [0.2, 0.25) is 0 Å². The molecule has 1 fully saturated rings. The molecule has 1 atom stereocenters. The summed E-state index contributed by atoms with van der Waals surface area (Å²) in [5, 5.41) is 12.4. The number of hydrogen-bond donors (Lipinski definition) is 1. The number of carbonyl (C=O) groups excluding carboxylic acids is 1. The Bertz CT molecular complexity index is 971. The van der Waals surface area contributed by atoms with Crippen molar-refractivity contribution in [1.29, 1.82) is 5.26 Å². The van der Waals surface area contributed by atoms with Crippen molar-refractivity contribution < 1.29 is 23.0 Å². The number of nitrogens with one attached hydrogen (secondary N) is 1. The third kappa shape index (κ3) is 3.20. The van der Waals surface area contributed by atoms with E-state index in [2.05, 4.69) is 11.4 Å². The Hall–Kier alpha value is -2.98. The third-order valence-corrected chi connectivity index (χ3v) is 5.04. The maximum Gasteiger partial charge on any atom is 0.270 e. The Kier molecular flexibility index (Phi) is 4.52. The Morgan fingerprint density at radius 2 is 2.00 bits per heavy atom. The number of rotatable bonds is 4. The van der Waals surface area contributed by atoms with Crippen LogP contribution in [0.25, 0.3) is 11.1 Å². The number of nitrogens with zero attached hydrogens (tertiary/aromatic N) is 1. The zero-order chi connectivity index (χ0) is 19.9. The molecule has 2 aliphatic rings. The zero-order valence-electron chi connectivity index (χ0n) is 15.2. The fourth-order valence-electron chi connectivity index (χ4n) is 3.42. The molecule has 5 nitrogen and oxygen atoms in total. The summed E-state index contributed by atoms with van der Waals surface area (Å²) in [7, 11) is 0. The summed E-state index contributed by atoms with van der Waals surface area (Å²) in [4.78, 5) is 12.3. The highest BCUT2D eigenvalue weighted by Crippen LogP contribution is 2.43. The Morgan fingerprint density at radius 1 is 1.29 bits per heavy atom. The molecule has 0 radical (unpaired) electrons. The Morgan fingerprint density at radius 3 is 2.57 bits per heavy atom. The standard InChI is InChI=1S/C21H18F2N2O3/c1-21(22,23)13-4-2-12(3-5-13)15-10-17(25-20(26)18-7-9-27-18)16(11-24)14-6-8-28-19(14)15/h2-5,10,18H,6-9H2,1H3,(H,25,26)/t18-/m1/s1. The van der Waals surface area contributed by atoms with Gasteiger partial charge in [-0.15, -0.1) is 0 Å². The second-order valence-electron chi connectivity index (χ2n) is 6.97. The van der Waals surface area contributed by atoms with Gasteiger partial charge < -0.3 is 14.8 Å². The van der Waals surface area contributed by atoms with E-state index in [4.69, 9.17) is 9.47 Å². The minimum Gasteiger partial charge on any atom is -0.492 e. The molecular weight excluding hydrogens is 366 g/mol. The molecule has 0 bridgehead atoms. The van der Waals surface area contributed by atoms with Gasteiger partial charge in [0.25, 0.3) is 11.8 Å². The minimum absolute atomic E-state index is 0.0851. The largest absolute Gasteiger partial charge is 0.492 e. The number of fused-ring (bicyclic) bond motifs is 1. The third-order valence-electron chi connectivity index (χ3n) is 5.04. The van der Waals surface area contributed by atoms with Gasteiger partial charge in [0.05, 0.1) is 24.5 Å². The molecule has 0 spiro atoms. The monoisotopic (exact) mass is 384 g/mol. The molecule has 28 heavy (non-hydrogen) atoms. The van der Waals surface area contributed by atoms with Crippen molar-refractivity contribution >= 4 is 11.6 Å². The summed E-state index contributed by atoms with van der Waals surface area (Å²) in [6.07, 6.45) is 0.673. The number of amides is 1. The second-order valence-corrected chi connectivity index (χ2v) is 6.97. The van der Waals surface area contributed by atoms with Gasteiger partial charge in [0, 0.05) is 36.5 Å². The fourth-order valence-corrected chi connectivity index (χ4v) is 3.42. The Balaban J connectivity index is 1.77. The molecule has 0 aliphatic carbocycles. The van der Waals surface area contributed by atoms with E-state index in [1.807, 2.05) is 0 Å². The highest BCUT2D eigenvalue weighted by atomic mass is 19.3. The summed E-state index contributed by atoms with van der Waals surface area (Å²) in [6, 6.07) is 9.74. The van der Waals surface area contributed by atoms with Crippen LogP contribution in [-0.4, -0.2) is 25.2 Å². The number of carbonyl (C=O) groups is 1. The van der Waals surface area contributed by atoms with Crippen molar-refractivity contribution in [3.63, 3.8) is 0 Å². The molecular formula is C21H18F2N2O3. The smallest absolute Gasteiger partial charge is 0.270 e. The van der Waals surface area contributed by atoms with Crippen LogP contribution in [0.1, 0.15) is 30.0 Å². The van der Waals surface area contributed by atoms with Gasteiger partial charge in [-0.1, -0.05) is 24.3 Å². The van der Waals surface area contributed by atoms with E-state index >= 15 is 0 Å². The molecule has 0 aromatic heterocycles. The average molecular weight is 384 g/mol. The molecule has 2 heterocycles. The number of halogens is 2. The van der Waals surface area contributed by atoms with Gasteiger partial charge in [-0.25, -0.2) is 8.78 Å². The van der Waals surface area contributed by atoms with Crippen LogP contribution in [0.5, 0.6) is 5.75 Å². The van der Waals surface area contributed by atoms with Gasteiger partial charge in [-0.3, -0.25) is 4.79 Å². The normalized spacial score (nSPS) is 17.9. The molecule has 2 aromatic carbocycles. The Labute approximate surface area is 160 Å². The van der Waals surface area contributed by atoms with Gasteiger partial charge in [0.1, 0.15) is 17.9 Å². The molecule has 2 aliphatic heterocycles. The fraction of sp³-hybridized carbons (Fsp3) is 0.333. The van der Waals surface area contributed by atoms with Crippen molar-refractivity contribution in [1.82, 2.24) is 0 Å². The van der Waals surface area contributed by atoms with E-state index in [9.17, 15) is 18.8 Å². The number of hydrogen-bond acceptors (Lipinski definition) is 4. The molecule has 0 unspecified atom stereocenters. The quantitative estimate of drug-likeness (QED) is 0.865. The van der Waals surface area contributed by atoms with Gasteiger partial charge in [-0.05, 0) is 11.6 Å². The van der Waals surface area contributed by atoms with Gasteiger partial charge in [0.2, 0.25) is 0 Å². The van der Waals surface area contributed by atoms with Gasteiger partial charge in [-0.2, -0.15) is 5.26 Å². The van der Waals surface area contributed by atoms with Crippen LogP contribution in [-0.2, 0) is 21.9 Å². The van der Waals surface area contributed by atoms with E-state index in [1.54, 1.807) is 18.2 Å². The van der Waals surface area contributed by atoms with Crippen molar-refractivity contribution in [3.05, 3.63) is 47.0 Å². The highest BCUT2D eigenvalue weighted by molar-refractivity contribution is 5.97. The van der Waals surface area contributed by atoms with Crippen LogP contribution in [0.3, 0.4) is 0 Å². The molecule has 4 rings (SSSR count). The van der Waals surface area contributed by atoms with Crippen molar-refractivity contribution in [2.75, 3.05) is 18.5 Å². The molecule has 1 amide bonds. The number of nitriles is 1. The predicted molar refractivity (Wildman–Crippen MR) is 98.3 cm³/mol. The molecule has 144 valence electrons. The lowest BCUT2D eigenvalue weighted by molar-refractivity contribution is -0.139. The second kappa shape index (κ2) is 6.88. The summed E-state index contributed by atoms with van der Waals surface area (Å²) in [6.45, 7) is 1.81. The number of alkyl halides is 2. The van der Waals surface area contributed by atoms with Crippen molar-refractivity contribution in [2.45, 2.75) is 31.8 Å². The lowest BCUT2D eigenvalue weighted by Crippen LogP contribution is -2.39. The lowest BCUT2D eigenvalue weighted by atomic mass is 9.94. The first-order valence-electron chi connectivity index (χ1n) is 9.02. The first kappa shape index (κ1) is 18.4. The summed E-state index contributed by atoms with van der Waals surface area (Å²) in [5.41, 5.74) is 2.70. The topological polar surface area (TPSA) is 71.3 Å². The van der Waals surface area contributed by atoms with Crippen molar-refractivity contribution in [3.8, 4) is 22.9 Å². The summed E-state index contributed by atoms with van der Waals surface area (Å²) >= 11 is 0. The van der Waals surface area contributed by atoms with Crippen LogP contribution in [0.4, 0.5) is 14.5 Å². The van der Waals surface area contributed by atoms with Gasteiger partial charge >= 0.3 is 0 Å². The molecule has 1 saturated heterocycles. The van der Waals surface area contributed by atoms with E-state index < -0.39 is 12.0 Å². The first-order valence-corrected chi connectivity index (χ1v) is 9.02. The molecule has 0 saturated carbocycles. The van der Waals surface area contributed by atoms with Crippen LogP contribution in [0.15, 0.2) is 30.3 Å². The number of benzene rings is 2. The molecule has 2 aromatic rings. The van der Waals surface area contributed by atoms with Gasteiger partial charge in [0.15, 0.2) is 0 Å². The highest BCUT2D eigenvalue weighted by Gasteiger charge is 2.30. The number of anilines is 1. The van der Waals surface area contributed by atoms with E-state index in [0.717, 1.165) is 12.5 Å². The SMILES string of the molecule is CC(F)(F)c1ccc(-c2cc(NC(=O)[C@H]3CCO3)c(C#N)c3c2OCC3)cc1. The maximum atomic E-state index is 13.5. The van der Waals surface area contributed by atoms with E-state index in [1.165, 1.54) is 12.1 Å². The maximum absolute atomic E-state index is 13.5. The van der Waals surface area contributed by atoms with Crippen LogP contribution < -0.4 is 10.1 Å².